The molecule has 0 radical (unpaired) electrons. The van der Waals surface area contributed by atoms with Crippen LogP contribution in [0.5, 0.6) is 0 Å². The first-order valence-electron chi connectivity index (χ1n) is 6.63. The monoisotopic (exact) mass is 297 g/mol. The summed E-state index contributed by atoms with van der Waals surface area (Å²) >= 11 is 0. The van der Waals surface area contributed by atoms with E-state index in [9.17, 15) is 13.6 Å². The second kappa shape index (κ2) is 6.24. The number of benzene rings is 1. The van der Waals surface area contributed by atoms with Crippen LogP contribution in [0.3, 0.4) is 0 Å². The van der Waals surface area contributed by atoms with Crippen molar-refractivity contribution in [3.05, 3.63) is 48.3 Å². The summed E-state index contributed by atoms with van der Waals surface area (Å²) in [6.07, 6.45) is -1.48. The lowest BCUT2D eigenvalue weighted by atomic mass is 9.86. The molecule has 0 spiro atoms. The number of nitrogens with one attached hydrogen (secondary N) is 1. The molecule has 0 unspecified atom stereocenters. The third-order valence-electron chi connectivity index (χ3n) is 2.95. The molecule has 0 aliphatic rings. The molecule has 0 saturated carbocycles. The second-order valence-electron chi connectivity index (χ2n) is 5.95. The standard InChI is InChI=1S/C16H21F2NO2/c1-6-13(18)16(5,11-9-7-8-10-12(11)17)19-14(20)21-15(2,3)4/h6-10,13H,1H2,2-5H3,(H,19,20)/t13-,16+/m0/s1. The lowest BCUT2D eigenvalue weighted by Crippen LogP contribution is -2.51. The minimum atomic E-state index is -1.68. The van der Waals surface area contributed by atoms with Crippen LogP contribution in [0.15, 0.2) is 36.9 Å². The highest BCUT2D eigenvalue weighted by Crippen LogP contribution is 2.30. The van der Waals surface area contributed by atoms with Crippen molar-refractivity contribution in [1.82, 2.24) is 5.32 Å². The lowest BCUT2D eigenvalue weighted by molar-refractivity contribution is 0.0411. The molecule has 0 fully saturated rings. The van der Waals surface area contributed by atoms with E-state index in [2.05, 4.69) is 11.9 Å². The van der Waals surface area contributed by atoms with Crippen molar-refractivity contribution in [2.24, 2.45) is 0 Å². The first kappa shape index (κ1) is 17.1. The van der Waals surface area contributed by atoms with Gasteiger partial charge in [0.25, 0.3) is 0 Å². The number of hydrogen-bond acceptors (Lipinski definition) is 2. The van der Waals surface area contributed by atoms with Crippen LogP contribution in [0.25, 0.3) is 0 Å². The molecule has 5 heteroatoms. The van der Waals surface area contributed by atoms with E-state index < -0.39 is 29.2 Å². The average Bonchev–Trinajstić information content (AvgIpc) is 2.35. The van der Waals surface area contributed by atoms with E-state index in [0.717, 1.165) is 6.08 Å². The van der Waals surface area contributed by atoms with Crippen molar-refractivity contribution < 1.29 is 18.3 Å². The molecule has 2 atom stereocenters. The largest absolute Gasteiger partial charge is 0.444 e. The van der Waals surface area contributed by atoms with Crippen LogP contribution in [-0.2, 0) is 10.3 Å². The van der Waals surface area contributed by atoms with Gasteiger partial charge < -0.3 is 10.1 Å². The fourth-order valence-corrected chi connectivity index (χ4v) is 1.92. The smallest absolute Gasteiger partial charge is 0.408 e. The minimum absolute atomic E-state index is 0.0308. The van der Waals surface area contributed by atoms with E-state index in [1.165, 1.54) is 25.1 Å². The van der Waals surface area contributed by atoms with E-state index in [-0.39, 0.29) is 5.56 Å². The Kier molecular flexibility index (Phi) is 5.10. The van der Waals surface area contributed by atoms with Crippen molar-refractivity contribution in [2.45, 2.75) is 45.0 Å². The van der Waals surface area contributed by atoms with Crippen molar-refractivity contribution in [1.29, 1.82) is 0 Å². The van der Waals surface area contributed by atoms with Gasteiger partial charge in [0.15, 0.2) is 0 Å². The van der Waals surface area contributed by atoms with Crippen LogP contribution in [0.2, 0.25) is 0 Å². The Morgan fingerprint density at radius 1 is 1.33 bits per heavy atom. The van der Waals surface area contributed by atoms with Crippen LogP contribution >= 0.6 is 0 Å². The van der Waals surface area contributed by atoms with Gasteiger partial charge in [-0.05, 0) is 33.8 Å². The highest BCUT2D eigenvalue weighted by Gasteiger charge is 2.39. The Labute approximate surface area is 124 Å². The second-order valence-corrected chi connectivity index (χ2v) is 5.95. The minimum Gasteiger partial charge on any atom is -0.444 e. The Hall–Kier alpha value is -1.91. The summed E-state index contributed by atoms with van der Waals surface area (Å²) in [4.78, 5) is 11.9. The van der Waals surface area contributed by atoms with Gasteiger partial charge in [0.05, 0.1) is 0 Å². The predicted molar refractivity (Wildman–Crippen MR) is 78.2 cm³/mol. The van der Waals surface area contributed by atoms with E-state index in [0.29, 0.717) is 0 Å². The normalized spacial score (nSPS) is 15.7. The van der Waals surface area contributed by atoms with E-state index in [4.69, 9.17) is 4.74 Å². The molecule has 21 heavy (non-hydrogen) atoms. The first-order valence-corrected chi connectivity index (χ1v) is 6.63. The molecule has 1 N–H and O–H groups in total. The predicted octanol–water partition coefficient (Wildman–Crippen LogP) is 4.09. The van der Waals surface area contributed by atoms with E-state index >= 15 is 0 Å². The highest BCUT2D eigenvalue weighted by atomic mass is 19.1. The fourth-order valence-electron chi connectivity index (χ4n) is 1.92. The third-order valence-corrected chi connectivity index (χ3v) is 2.95. The van der Waals surface area contributed by atoms with Gasteiger partial charge in [-0.25, -0.2) is 13.6 Å². The van der Waals surface area contributed by atoms with Gasteiger partial charge in [0.2, 0.25) is 0 Å². The van der Waals surface area contributed by atoms with E-state index in [1.807, 2.05) is 0 Å². The number of halogens is 2. The Morgan fingerprint density at radius 3 is 2.38 bits per heavy atom. The van der Waals surface area contributed by atoms with Crippen molar-refractivity contribution in [3.63, 3.8) is 0 Å². The summed E-state index contributed by atoms with van der Waals surface area (Å²) in [7, 11) is 0. The summed E-state index contributed by atoms with van der Waals surface area (Å²) in [5, 5.41) is 2.41. The molecule has 1 rings (SSSR count). The van der Waals surface area contributed by atoms with Gasteiger partial charge in [0.1, 0.15) is 23.1 Å². The fraction of sp³-hybridized carbons (Fsp3) is 0.438. The molecule has 0 bridgehead atoms. The molecule has 0 aliphatic heterocycles. The van der Waals surface area contributed by atoms with Gasteiger partial charge >= 0.3 is 6.09 Å². The van der Waals surface area contributed by atoms with Crippen LogP contribution in [-0.4, -0.2) is 17.9 Å². The van der Waals surface area contributed by atoms with Crippen LogP contribution in [0, 0.1) is 5.82 Å². The molecule has 1 aromatic carbocycles. The average molecular weight is 297 g/mol. The van der Waals surface area contributed by atoms with Gasteiger partial charge in [0, 0.05) is 5.56 Å². The summed E-state index contributed by atoms with van der Waals surface area (Å²) < 4.78 is 33.4. The summed E-state index contributed by atoms with van der Waals surface area (Å²) in [5.74, 6) is -0.611. The number of carbonyl (C=O) groups is 1. The maximum absolute atomic E-state index is 14.3. The molecule has 0 heterocycles. The molecule has 0 aliphatic carbocycles. The Balaban J connectivity index is 3.14. The Bertz CT molecular complexity index is 525. The zero-order valence-corrected chi connectivity index (χ0v) is 12.7. The topological polar surface area (TPSA) is 38.3 Å². The summed E-state index contributed by atoms with van der Waals surface area (Å²) in [6.45, 7) is 9.83. The summed E-state index contributed by atoms with van der Waals surface area (Å²) in [6, 6.07) is 5.69. The quantitative estimate of drug-likeness (QED) is 0.850. The number of ether oxygens (including phenoxy) is 1. The first-order chi connectivity index (χ1) is 9.60. The van der Waals surface area contributed by atoms with Gasteiger partial charge in [-0.2, -0.15) is 0 Å². The molecule has 0 aromatic heterocycles. The molecule has 1 aromatic rings. The summed E-state index contributed by atoms with van der Waals surface area (Å²) in [5.41, 5.74) is -2.31. The van der Waals surface area contributed by atoms with Gasteiger partial charge in [-0.15, -0.1) is 6.58 Å². The Morgan fingerprint density at radius 2 is 1.90 bits per heavy atom. The number of carbonyl (C=O) groups excluding carboxylic acids is 1. The molecule has 0 saturated heterocycles. The number of rotatable bonds is 4. The zero-order chi connectivity index (χ0) is 16.3. The van der Waals surface area contributed by atoms with Crippen molar-refractivity contribution >= 4 is 6.09 Å². The molecular formula is C16H21F2NO2. The van der Waals surface area contributed by atoms with E-state index in [1.54, 1.807) is 26.8 Å². The van der Waals surface area contributed by atoms with Gasteiger partial charge in [-0.3, -0.25) is 0 Å². The number of amides is 1. The molecule has 1 amide bonds. The number of alkyl carbamates (subject to hydrolysis) is 1. The van der Waals surface area contributed by atoms with Crippen molar-refractivity contribution in [3.8, 4) is 0 Å². The lowest BCUT2D eigenvalue weighted by Gasteiger charge is -2.34. The number of hydrogen-bond donors (Lipinski definition) is 1. The van der Waals surface area contributed by atoms with Crippen LogP contribution in [0.4, 0.5) is 13.6 Å². The van der Waals surface area contributed by atoms with Crippen molar-refractivity contribution in [2.75, 3.05) is 0 Å². The SMILES string of the molecule is C=C[C@H](F)[C@](C)(NC(=O)OC(C)(C)C)c1ccccc1F. The van der Waals surface area contributed by atoms with Crippen LogP contribution < -0.4 is 5.32 Å². The highest BCUT2D eigenvalue weighted by molar-refractivity contribution is 5.69. The maximum atomic E-state index is 14.3. The third kappa shape index (κ3) is 4.28. The van der Waals surface area contributed by atoms with Crippen LogP contribution in [0.1, 0.15) is 33.3 Å². The molecule has 116 valence electrons. The maximum Gasteiger partial charge on any atom is 0.408 e. The number of alkyl halides is 1. The zero-order valence-electron chi connectivity index (χ0n) is 12.7. The molecule has 3 nitrogen and oxygen atoms in total. The molecular weight excluding hydrogens is 276 g/mol. The van der Waals surface area contributed by atoms with Gasteiger partial charge in [-0.1, -0.05) is 24.3 Å².